The number of carbonyl (C=O) groups excluding carboxylic acids is 2. The van der Waals surface area contributed by atoms with Gasteiger partial charge in [-0.15, -0.1) is 0 Å². The van der Waals surface area contributed by atoms with Crippen molar-refractivity contribution in [3.05, 3.63) is 125 Å². The zero-order chi connectivity index (χ0) is 29.2. The van der Waals surface area contributed by atoms with Crippen LogP contribution in [0.3, 0.4) is 0 Å². The number of amides is 2. The zero-order valence-corrected chi connectivity index (χ0v) is 23.5. The molecule has 0 atom stereocenters. The van der Waals surface area contributed by atoms with E-state index >= 15 is 0 Å². The summed E-state index contributed by atoms with van der Waals surface area (Å²) in [6, 6.07) is 28.6. The lowest BCUT2D eigenvalue weighted by Crippen LogP contribution is -2.32. The van der Waals surface area contributed by atoms with Crippen molar-refractivity contribution in [2.45, 2.75) is 19.4 Å². The SMILES string of the molecule is O=C(Nc1ccccc1C(=O)Nc1ccc(CCN2CCc3cc4c(cc3C2)OCO4)cc1)c1cnc2ccccc2c1. The Morgan fingerprint density at radius 1 is 0.814 bits per heavy atom. The molecule has 0 fully saturated rings. The molecule has 2 N–H and O–H groups in total. The molecule has 7 rings (SSSR count). The van der Waals surface area contributed by atoms with E-state index in [0.717, 1.165) is 54.9 Å². The first-order chi connectivity index (χ1) is 21.1. The van der Waals surface area contributed by atoms with Gasteiger partial charge in [0.1, 0.15) is 0 Å². The number of rotatable bonds is 7. The Morgan fingerprint density at radius 2 is 1.58 bits per heavy atom. The highest BCUT2D eigenvalue weighted by Crippen LogP contribution is 2.36. The fraction of sp³-hybridized carbons (Fsp3) is 0.171. The molecule has 0 unspecified atom stereocenters. The highest BCUT2D eigenvalue weighted by atomic mass is 16.7. The summed E-state index contributed by atoms with van der Waals surface area (Å²) in [6.45, 7) is 3.15. The van der Waals surface area contributed by atoms with E-state index in [1.807, 2.05) is 48.5 Å². The lowest BCUT2D eigenvalue weighted by atomic mass is 9.98. The van der Waals surface area contributed by atoms with Gasteiger partial charge in [0.15, 0.2) is 11.5 Å². The van der Waals surface area contributed by atoms with Gasteiger partial charge in [-0.25, -0.2) is 0 Å². The van der Waals surface area contributed by atoms with E-state index in [1.165, 1.54) is 16.7 Å². The highest BCUT2D eigenvalue weighted by Gasteiger charge is 2.22. The summed E-state index contributed by atoms with van der Waals surface area (Å²) in [5.74, 6) is 1.07. The van der Waals surface area contributed by atoms with Crippen molar-refractivity contribution in [3.63, 3.8) is 0 Å². The van der Waals surface area contributed by atoms with Gasteiger partial charge in [-0.3, -0.25) is 19.5 Å². The minimum absolute atomic E-state index is 0.297. The van der Waals surface area contributed by atoms with E-state index in [-0.39, 0.29) is 11.8 Å². The molecule has 0 radical (unpaired) electrons. The van der Waals surface area contributed by atoms with Crippen LogP contribution in [0.2, 0.25) is 0 Å². The summed E-state index contributed by atoms with van der Waals surface area (Å²) < 4.78 is 11.1. The van der Waals surface area contributed by atoms with Gasteiger partial charge in [-0.2, -0.15) is 0 Å². The maximum atomic E-state index is 13.2. The summed E-state index contributed by atoms with van der Waals surface area (Å²) in [7, 11) is 0. The minimum atomic E-state index is -0.327. The predicted octanol–water partition coefficient (Wildman–Crippen LogP) is 6.07. The first-order valence-corrected chi connectivity index (χ1v) is 14.4. The fourth-order valence-corrected chi connectivity index (χ4v) is 5.62. The van der Waals surface area contributed by atoms with Gasteiger partial charge in [-0.1, -0.05) is 42.5 Å². The van der Waals surface area contributed by atoms with Crippen molar-refractivity contribution in [2.75, 3.05) is 30.5 Å². The lowest BCUT2D eigenvalue weighted by molar-refractivity contribution is 0.102. The summed E-state index contributed by atoms with van der Waals surface area (Å²) in [5.41, 5.74) is 6.58. The van der Waals surface area contributed by atoms with Crippen LogP contribution in [-0.4, -0.2) is 41.6 Å². The van der Waals surface area contributed by atoms with Crippen LogP contribution in [0.15, 0.2) is 97.2 Å². The van der Waals surface area contributed by atoms with Crippen LogP contribution in [0.25, 0.3) is 10.9 Å². The highest BCUT2D eigenvalue weighted by molar-refractivity contribution is 6.13. The van der Waals surface area contributed by atoms with E-state index in [1.54, 1.807) is 36.5 Å². The molecular formula is C35H30N4O4. The van der Waals surface area contributed by atoms with Crippen LogP contribution in [0, 0.1) is 0 Å². The maximum Gasteiger partial charge on any atom is 0.257 e. The fourth-order valence-electron chi connectivity index (χ4n) is 5.62. The number of anilines is 2. The smallest absolute Gasteiger partial charge is 0.257 e. The summed E-state index contributed by atoms with van der Waals surface area (Å²) in [6.07, 6.45) is 3.45. The Morgan fingerprint density at radius 3 is 2.44 bits per heavy atom. The van der Waals surface area contributed by atoms with Crippen LogP contribution in [-0.2, 0) is 19.4 Å². The van der Waals surface area contributed by atoms with Crippen molar-refractivity contribution in [1.82, 2.24) is 9.88 Å². The Balaban J connectivity index is 0.960. The third-order valence-electron chi connectivity index (χ3n) is 7.99. The number of pyridine rings is 1. The number of hydrogen-bond donors (Lipinski definition) is 2. The van der Waals surface area contributed by atoms with Gasteiger partial charge in [0.2, 0.25) is 6.79 Å². The molecule has 0 aliphatic carbocycles. The van der Waals surface area contributed by atoms with Gasteiger partial charge in [0.25, 0.3) is 11.8 Å². The molecular weight excluding hydrogens is 540 g/mol. The van der Waals surface area contributed by atoms with Crippen LogP contribution in [0.4, 0.5) is 11.4 Å². The van der Waals surface area contributed by atoms with Crippen molar-refractivity contribution in [1.29, 1.82) is 0 Å². The second-order valence-corrected chi connectivity index (χ2v) is 10.8. The molecule has 3 heterocycles. The number of aromatic nitrogens is 1. The number of hydrogen-bond acceptors (Lipinski definition) is 6. The van der Waals surface area contributed by atoms with Gasteiger partial charge in [-0.05, 0) is 78.1 Å². The van der Waals surface area contributed by atoms with E-state index in [4.69, 9.17) is 9.47 Å². The Labute approximate surface area is 249 Å². The number of carbonyl (C=O) groups is 2. The molecule has 0 saturated carbocycles. The average Bonchev–Trinajstić information content (AvgIpc) is 3.50. The molecule has 214 valence electrons. The lowest BCUT2D eigenvalue weighted by Gasteiger charge is -2.29. The molecule has 0 bridgehead atoms. The number of nitrogens with one attached hydrogen (secondary N) is 2. The van der Waals surface area contributed by atoms with Crippen LogP contribution in [0.5, 0.6) is 11.5 Å². The van der Waals surface area contributed by atoms with E-state index in [9.17, 15) is 9.59 Å². The number of para-hydroxylation sites is 2. The molecule has 0 saturated heterocycles. The quantitative estimate of drug-likeness (QED) is 0.247. The number of benzene rings is 4. The van der Waals surface area contributed by atoms with E-state index in [2.05, 4.69) is 32.7 Å². The molecule has 2 amide bonds. The third-order valence-corrected chi connectivity index (χ3v) is 7.99. The third kappa shape index (κ3) is 5.78. The normalized spacial score (nSPS) is 13.9. The Hall–Kier alpha value is -5.21. The summed E-state index contributed by atoms with van der Waals surface area (Å²) in [5, 5.41) is 6.72. The summed E-state index contributed by atoms with van der Waals surface area (Å²) in [4.78, 5) is 33.1. The topological polar surface area (TPSA) is 92.8 Å². The van der Waals surface area contributed by atoms with Crippen LogP contribution >= 0.6 is 0 Å². The van der Waals surface area contributed by atoms with Crippen molar-refractivity contribution >= 4 is 34.1 Å². The molecule has 2 aliphatic rings. The number of ether oxygens (including phenoxy) is 2. The second kappa shape index (κ2) is 11.6. The monoisotopic (exact) mass is 570 g/mol. The van der Waals surface area contributed by atoms with Gasteiger partial charge >= 0.3 is 0 Å². The second-order valence-electron chi connectivity index (χ2n) is 10.8. The van der Waals surface area contributed by atoms with E-state index < -0.39 is 0 Å². The van der Waals surface area contributed by atoms with Crippen molar-refractivity contribution < 1.29 is 19.1 Å². The predicted molar refractivity (Wildman–Crippen MR) is 166 cm³/mol. The minimum Gasteiger partial charge on any atom is -0.454 e. The first-order valence-electron chi connectivity index (χ1n) is 14.4. The molecule has 8 heteroatoms. The molecule has 0 spiro atoms. The largest absolute Gasteiger partial charge is 0.454 e. The van der Waals surface area contributed by atoms with Gasteiger partial charge in [0, 0.05) is 36.9 Å². The zero-order valence-electron chi connectivity index (χ0n) is 23.5. The van der Waals surface area contributed by atoms with Gasteiger partial charge in [0.05, 0.1) is 22.3 Å². The van der Waals surface area contributed by atoms with Crippen molar-refractivity contribution in [2.24, 2.45) is 0 Å². The first kappa shape index (κ1) is 26.7. The molecule has 43 heavy (non-hydrogen) atoms. The number of nitrogens with zero attached hydrogens (tertiary/aromatic N) is 2. The van der Waals surface area contributed by atoms with Crippen LogP contribution in [0.1, 0.15) is 37.4 Å². The molecule has 1 aromatic heterocycles. The maximum absolute atomic E-state index is 13.2. The Bertz CT molecular complexity index is 1840. The van der Waals surface area contributed by atoms with Crippen LogP contribution < -0.4 is 20.1 Å². The van der Waals surface area contributed by atoms with Gasteiger partial charge < -0.3 is 20.1 Å². The molecule has 4 aromatic carbocycles. The van der Waals surface area contributed by atoms with E-state index in [0.29, 0.717) is 29.3 Å². The molecule has 2 aliphatic heterocycles. The molecule has 5 aromatic rings. The Kier molecular flexibility index (Phi) is 7.18. The summed E-state index contributed by atoms with van der Waals surface area (Å²) >= 11 is 0. The van der Waals surface area contributed by atoms with Crippen molar-refractivity contribution in [3.8, 4) is 11.5 Å². The standard InChI is InChI=1S/C35H30N4O4/c40-34(26-17-25-5-1-3-7-30(25)36-20-26)38-31-8-4-2-6-29(31)35(41)37-28-11-9-23(10-12-28)13-15-39-16-14-24-18-32-33(43-22-42-32)19-27(24)21-39/h1-12,17-20H,13-16,21-22H2,(H,37,41)(H,38,40). The molecule has 8 nitrogen and oxygen atoms in total. The number of fused-ring (bicyclic) bond motifs is 3. The average molecular weight is 571 g/mol.